The largest absolute Gasteiger partial charge is 0.468 e. The van der Waals surface area contributed by atoms with Crippen molar-refractivity contribution in [2.45, 2.75) is 17.1 Å². The first-order valence-corrected chi connectivity index (χ1v) is 6.40. The molecule has 0 radical (unpaired) electrons. The van der Waals surface area contributed by atoms with Crippen LogP contribution in [0.25, 0.3) is 0 Å². The molecule has 0 N–H and O–H groups in total. The summed E-state index contributed by atoms with van der Waals surface area (Å²) in [7, 11) is -2.65. The molecule has 0 spiro atoms. The van der Waals surface area contributed by atoms with Crippen LogP contribution in [0.3, 0.4) is 0 Å². The van der Waals surface area contributed by atoms with Gasteiger partial charge in [-0.15, -0.1) is 0 Å². The van der Waals surface area contributed by atoms with Gasteiger partial charge in [-0.05, 0) is 19.1 Å². The molecule has 0 fully saturated rings. The summed E-state index contributed by atoms with van der Waals surface area (Å²) >= 11 is 5.77. The van der Waals surface area contributed by atoms with Crippen molar-refractivity contribution in [3.63, 3.8) is 0 Å². The maximum absolute atomic E-state index is 12.0. The van der Waals surface area contributed by atoms with E-state index in [2.05, 4.69) is 4.74 Å². The molecule has 1 aromatic carbocycles. The standard InChI is InChI=1S/C10H11ClO4S/c1-7(10(12)15-2)16(13,14)9-6-4-3-5-8(9)11/h3-7H,1-2H3. The molecule has 0 aliphatic carbocycles. The minimum atomic E-state index is -3.79. The Labute approximate surface area is 99.1 Å². The van der Waals surface area contributed by atoms with Crippen molar-refractivity contribution in [3.05, 3.63) is 29.3 Å². The zero-order valence-electron chi connectivity index (χ0n) is 8.81. The Morgan fingerprint density at radius 3 is 2.44 bits per heavy atom. The number of carbonyl (C=O) groups excluding carboxylic acids is 1. The first kappa shape index (κ1) is 13.0. The second-order valence-corrected chi connectivity index (χ2v) is 5.78. The van der Waals surface area contributed by atoms with Crippen LogP contribution in [0, 0.1) is 0 Å². The highest BCUT2D eigenvalue weighted by Gasteiger charge is 2.31. The van der Waals surface area contributed by atoms with Crippen molar-refractivity contribution in [2.75, 3.05) is 7.11 Å². The third kappa shape index (κ3) is 2.36. The van der Waals surface area contributed by atoms with Crippen molar-refractivity contribution in [1.29, 1.82) is 0 Å². The smallest absolute Gasteiger partial charge is 0.324 e. The summed E-state index contributed by atoms with van der Waals surface area (Å²) in [6, 6.07) is 5.97. The minimum Gasteiger partial charge on any atom is -0.468 e. The highest BCUT2D eigenvalue weighted by Crippen LogP contribution is 2.24. The Balaban J connectivity index is 3.23. The number of esters is 1. The molecule has 0 aliphatic heterocycles. The summed E-state index contributed by atoms with van der Waals surface area (Å²) in [5.41, 5.74) is 0. The fourth-order valence-corrected chi connectivity index (χ4v) is 2.96. The molecule has 16 heavy (non-hydrogen) atoms. The summed E-state index contributed by atoms with van der Waals surface area (Å²) < 4.78 is 28.3. The fourth-order valence-electron chi connectivity index (χ4n) is 1.16. The molecule has 0 bridgehead atoms. The van der Waals surface area contributed by atoms with Crippen molar-refractivity contribution in [2.24, 2.45) is 0 Å². The SMILES string of the molecule is COC(=O)C(C)S(=O)(=O)c1ccccc1Cl. The zero-order chi connectivity index (χ0) is 12.3. The molecule has 0 aromatic heterocycles. The lowest BCUT2D eigenvalue weighted by molar-refractivity contribution is -0.139. The number of rotatable bonds is 3. The van der Waals surface area contributed by atoms with Crippen LogP contribution in [0.4, 0.5) is 0 Å². The van der Waals surface area contributed by atoms with Gasteiger partial charge in [-0.2, -0.15) is 0 Å². The molecule has 1 unspecified atom stereocenters. The van der Waals surface area contributed by atoms with Crippen molar-refractivity contribution in [3.8, 4) is 0 Å². The van der Waals surface area contributed by atoms with Crippen LogP contribution in [0.2, 0.25) is 5.02 Å². The molecule has 0 saturated carbocycles. The summed E-state index contributed by atoms with van der Waals surface area (Å²) in [6.45, 7) is 1.27. The normalized spacial score (nSPS) is 13.2. The molecule has 4 nitrogen and oxygen atoms in total. The highest BCUT2D eigenvalue weighted by atomic mass is 35.5. The summed E-state index contributed by atoms with van der Waals surface area (Å²) in [4.78, 5) is 11.1. The van der Waals surface area contributed by atoms with Gasteiger partial charge in [-0.25, -0.2) is 8.42 Å². The van der Waals surface area contributed by atoms with Gasteiger partial charge in [0.25, 0.3) is 0 Å². The maximum atomic E-state index is 12.0. The van der Waals surface area contributed by atoms with E-state index in [0.717, 1.165) is 7.11 Å². The van der Waals surface area contributed by atoms with Gasteiger partial charge < -0.3 is 4.74 Å². The van der Waals surface area contributed by atoms with E-state index in [1.807, 2.05) is 0 Å². The number of carbonyl (C=O) groups is 1. The Hall–Kier alpha value is -1.07. The van der Waals surface area contributed by atoms with E-state index >= 15 is 0 Å². The minimum absolute atomic E-state index is 0.0606. The Kier molecular flexibility index (Phi) is 3.93. The van der Waals surface area contributed by atoms with Gasteiger partial charge in [0, 0.05) is 0 Å². The van der Waals surface area contributed by atoms with Crippen LogP contribution < -0.4 is 0 Å². The lowest BCUT2D eigenvalue weighted by Gasteiger charge is -2.11. The number of sulfone groups is 1. The Bertz CT molecular complexity index is 495. The quantitative estimate of drug-likeness (QED) is 0.778. The second-order valence-electron chi connectivity index (χ2n) is 3.14. The van der Waals surface area contributed by atoms with E-state index in [9.17, 15) is 13.2 Å². The third-order valence-corrected chi connectivity index (χ3v) is 4.68. The molecule has 88 valence electrons. The molecular formula is C10H11ClO4S. The van der Waals surface area contributed by atoms with Gasteiger partial charge in [0.2, 0.25) is 0 Å². The van der Waals surface area contributed by atoms with Gasteiger partial charge in [0.15, 0.2) is 15.1 Å². The average molecular weight is 263 g/mol. The van der Waals surface area contributed by atoms with Crippen LogP contribution in [0.15, 0.2) is 29.2 Å². The molecule has 0 saturated heterocycles. The highest BCUT2D eigenvalue weighted by molar-refractivity contribution is 7.92. The van der Waals surface area contributed by atoms with Crippen LogP contribution in [-0.4, -0.2) is 26.7 Å². The van der Waals surface area contributed by atoms with E-state index < -0.39 is 21.1 Å². The van der Waals surface area contributed by atoms with Crippen LogP contribution >= 0.6 is 11.6 Å². The second kappa shape index (κ2) is 4.84. The predicted octanol–water partition coefficient (Wildman–Crippen LogP) is 1.68. The monoisotopic (exact) mass is 262 g/mol. The summed E-state index contributed by atoms with van der Waals surface area (Å²) in [6.07, 6.45) is 0. The molecule has 1 aromatic rings. The molecule has 1 atom stereocenters. The predicted molar refractivity (Wildman–Crippen MR) is 60.1 cm³/mol. The maximum Gasteiger partial charge on any atom is 0.324 e. The number of hydrogen-bond donors (Lipinski definition) is 0. The van der Waals surface area contributed by atoms with Crippen LogP contribution in [0.5, 0.6) is 0 Å². The lowest BCUT2D eigenvalue weighted by Crippen LogP contribution is -2.28. The van der Waals surface area contributed by atoms with Crippen molar-refractivity contribution in [1.82, 2.24) is 0 Å². The van der Waals surface area contributed by atoms with Gasteiger partial charge >= 0.3 is 5.97 Å². The number of methoxy groups -OCH3 is 1. The molecular weight excluding hydrogens is 252 g/mol. The van der Waals surface area contributed by atoms with Gasteiger partial charge in [-0.3, -0.25) is 4.79 Å². The topological polar surface area (TPSA) is 60.4 Å². The summed E-state index contributed by atoms with van der Waals surface area (Å²) in [5.74, 6) is -0.806. The first-order chi connectivity index (χ1) is 7.41. The number of hydrogen-bond acceptors (Lipinski definition) is 4. The van der Waals surface area contributed by atoms with Gasteiger partial charge in [0.1, 0.15) is 0 Å². The molecule has 0 heterocycles. The van der Waals surface area contributed by atoms with Crippen molar-refractivity contribution < 1.29 is 17.9 Å². The first-order valence-electron chi connectivity index (χ1n) is 4.47. The number of ether oxygens (including phenoxy) is 1. The van der Waals surface area contributed by atoms with Crippen LogP contribution in [0.1, 0.15) is 6.92 Å². The van der Waals surface area contributed by atoms with Gasteiger partial charge in [-0.1, -0.05) is 23.7 Å². The number of benzene rings is 1. The number of halogens is 1. The van der Waals surface area contributed by atoms with E-state index in [4.69, 9.17) is 11.6 Å². The van der Waals surface area contributed by atoms with E-state index in [0.29, 0.717) is 0 Å². The zero-order valence-corrected chi connectivity index (χ0v) is 10.4. The summed E-state index contributed by atoms with van der Waals surface area (Å²) in [5, 5.41) is -1.17. The van der Waals surface area contributed by atoms with Gasteiger partial charge in [0.05, 0.1) is 17.0 Å². The van der Waals surface area contributed by atoms with Crippen molar-refractivity contribution >= 4 is 27.4 Å². The molecule has 1 rings (SSSR count). The fraction of sp³-hybridized carbons (Fsp3) is 0.300. The Morgan fingerprint density at radius 2 is 1.94 bits per heavy atom. The lowest BCUT2D eigenvalue weighted by atomic mass is 10.4. The van der Waals surface area contributed by atoms with Crippen LogP contribution in [-0.2, 0) is 19.4 Å². The van der Waals surface area contributed by atoms with E-state index in [1.54, 1.807) is 12.1 Å². The average Bonchev–Trinajstić information content (AvgIpc) is 2.27. The Morgan fingerprint density at radius 1 is 1.38 bits per heavy atom. The van der Waals surface area contributed by atoms with E-state index in [1.165, 1.54) is 19.1 Å². The molecule has 0 amide bonds. The third-order valence-electron chi connectivity index (χ3n) is 2.14. The molecule has 6 heteroatoms. The molecule has 0 aliphatic rings. The van der Waals surface area contributed by atoms with E-state index in [-0.39, 0.29) is 9.92 Å².